The maximum atomic E-state index is 13.6. The molecular formula is C13H10FN3O. The summed E-state index contributed by atoms with van der Waals surface area (Å²) in [5.74, 6) is -0.396. The van der Waals surface area contributed by atoms with Crippen LogP contribution in [0, 0.1) is 5.82 Å². The topological polar surface area (TPSA) is 64.1 Å². The number of nitrogens with two attached hydrogens (primary N) is 1. The largest absolute Gasteiger partial charge is 0.443 e. The summed E-state index contributed by atoms with van der Waals surface area (Å²) in [5.41, 5.74) is 8.42. The van der Waals surface area contributed by atoms with Gasteiger partial charge < -0.3 is 15.5 Å². The van der Waals surface area contributed by atoms with Gasteiger partial charge in [0, 0.05) is 11.8 Å². The van der Waals surface area contributed by atoms with Crippen molar-refractivity contribution in [3.8, 4) is 0 Å². The summed E-state index contributed by atoms with van der Waals surface area (Å²) in [5, 5.41) is 2.93. The van der Waals surface area contributed by atoms with E-state index < -0.39 is 5.82 Å². The first kappa shape index (κ1) is 10.6. The first-order valence-corrected chi connectivity index (χ1v) is 5.38. The maximum absolute atomic E-state index is 13.6. The zero-order chi connectivity index (χ0) is 12.5. The number of nitrogen functional groups attached to an aromatic ring is 1. The molecule has 0 saturated carbocycles. The van der Waals surface area contributed by atoms with Gasteiger partial charge in [0.1, 0.15) is 11.3 Å². The fourth-order valence-corrected chi connectivity index (χ4v) is 1.75. The van der Waals surface area contributed by atoms with Gasteiger partial charge in [-0.2, -0.15) is 0 Å². The van der Waals surface area contributed by atoms with Crippen LogP contribution in [-0.2, 0) is 0 Å². The lowest BCUT2D eigenvalue weighted by Crippen LogP contribution is -1.98. The molecule has 18 heavy (non-hydrogen) atoms. The fourth-order valence-electron chi connectivity index (χ4n) is 1.75. The number of aromatic nitrogens is 1. The fraction of sp³-hybridized carbons (Fsp3) is 0. The van der Waals surface area contributed by atoms with E-state index in [0.29, 0.717) is 17.0 Å². The highest BCUT2D eigenvalue weighted by Gasteiger charge is 2.07. The van der Waals surface area contributed by atoms with Gasteiger partial charge in [-0.1, -0.05) is 6.07 Å². The lowest BCUT2D eigenvalue weighted by molar-refractivity contribution is 0.602. The van der Waals surface area contributed by atoms with Crippen molar-refractivity contribution >= 4 is 28.2 Å². The van der Waals surface area contributed by atoms with Crippen LogP contribution >= 0.6 is 0 Å². The number of rotatable bonds is 2. The van der Waals surface area contributed by atoms with Gasteiger partial charge in [0.2, 0.25) is 0 Å². The second-order valence-electron chi connectivity index (χ2n) is 3.86. The SMILES string of the molecule is Nc1cccc(F)c1Nc1ccc2ncoc2c1. The zero-order valence-corrected chi connectivity index (χ0v) is 9.35. The molecule has 2 aromatic carbocycles. The quantitative estimate of drug-likeness (QED) is 0.678. The Morgan fingerprint density at radius 1 is 1.22 bits per heavy atom. The summed E-state index contributed by atoms with van der Waals surface area (Å²) in [6.45, 7) is 0. The molecule has 0 radical (unpaired) electrons. The summed E-state index contributed by atoms with van der Waals surface area (Å²) >= 11 is 0. The van der Waals surface area contributed by atoms with Crippen LogP contribution in [0.5, 0.6) is 0 Å². The summed E-state index contributed by atoms with van der Waals surface area (Å²) in [6.07, 6.45) is 1.37. The molecule has 0 fully saturated rings. The molecule has 0 aliphatic carbocycles. The van der Waals surface area contributed by atoms with Crippen LogP contribution in [0.3, 0.4) is 0 Å². The molecule has 0 spiro atoms. The standard InChI is InChI=1S/C13H10FN3O/c14-9-2-1-3-10(15)13(9)17-8-4-5-11-12(6-8)18-7-16-11/h1-7,17H,15H2. The van der Waals surface area contributed by atoms with E-state index in [2.05, 4.69) is 10.3 Å². The molecule has 0 bridgehead atoms. The van der Waals surface area contributed by atoms with E-state index in [1.165, 1.54) is 12.5 Å². The monoisotopic (exact) mass is 243 g/mol. The number of halogens is 1. The molecule has 0 unspecified atom stereocenters. The van der Waals surface area contributed by atoms with E-state index >= 15 is 0 Å². The van der Waals surface area contributed by atoms with Crippen LogP contribution in [0.1, 0.15) is 0 Å². The Morgan fingerprint density at radius 2 is 2.11 bits per heavy atom. The van der Waals surface area contributed by atoms with Crippen LogP contribution in [0.15, 0.2) is 47.2 Å². The van der Waals surface area contributed by atoms with Gasteiger partial charge in [-0.15, -0.1) is 0 Å². The molecule has 0 atom stereocenters. The molecule has 4 nitrogen and oxygen atoms in total. The normalized spacial score (nSPS) is 10.7. The first-order valence-electron chi connectivity index (χ1n) is 5.38. The molecule has 3 N–H and O–H groups in total. The predicted molar refractivity (Wildman–Crippen MR) is 68.1 cm³/mol. The number of nitrogens with zero attached hydrogens (tertiary/aromatic N) is 1. The minimum Gasteiger partial charge on any atom is -0.443 e. The van der Waals surface area contributed by atoms with Gasteiger partial charge in [0.15, 0.2) is 12.0 Å². The van der Waals surface area contributed by atoms with Crippen molar-refractivity contribution in [3.63, 3.8) is 0 Å². The molecule has 0 aliphatic heterocycles. The number of benzene rings is 2. The Bertz CT molecular complexity index is 688. The molecular weight excluding hydrogens is 233 g/mol. The van der Waals surface area contributed by atoms with Crippen LogP contribution in [0.25, 0.3) is 11.1 Å². The number of anilines is 3. The van der Waals surface area contributed by atoms with E-state index in [-0.39, 0.29) is 5.69 Å². The van der Waals surface area contributed by atoms with Gasteiger partial charge in [0.25, 0.3) is 0 Å². The first-order chi connectivity index (χ1) is 8.74. The molecule has 90 valence electrons. The van der Waals surface area contributed by atoms with Crippen molar-refractivity contribution in [2.45, 2.75) is 0 Å². The second-order valence-corrected chi connectivity index (χ2v) is 3.86. The number of para-hydroxylation sites is 1. The van der Waals surface area contributed by atoms with Crippen LogP contribution < -0.4 is 11.1 Å². The van der Waals surface area contributed by atoms with Gasteiger partial charge in [-0.05, 0) is 24.3 Å². The summed E-state index contributed by atoms with van der Waals surface area (Å²) in [6, 6.07) is 9.88. The molecule has 3 aromatic rings. The van der Waals surface area contributed by atoms with Gasteiger partial charge in [-0.25, -0.2) is 9.37 Å². The van der Waals surface area contributed by atoms with Crippen molar-refractivity contribution in [3.05, 3.63) is 48.6 Å². The minimum atomic E-state index is -0.396. The Labute approximate surface area is 102 Å². The van der Waals surface area contributed by atoms with E-state index in [4.69, 9.17) is 10.2 Å². The number of oxazole rings is 1. The lowest BCUT2D eigenvalue weighted by atomic mass is 10.2. The predicted octanol–water partition coefficient (Wildman–Crippen LogP) is 3.29. The second kappa shape index (κ2) is 4.03. The Hall–Kier alpha value is -2.56. The lowest BCUT2D eigenvalue weighted by Gasteiger charge is -2.09. The Kier molecular flexibility index (Phi) is 2.37. The Balaban J connectivity index is 2.00. The van der Waals surface area contributed by atoms with E-state index in [1.807, 2.05) is 0 Å². The third-order valence-electron chi connectivity index (χ3n) is 2.65. The zero-order valence-electron chi connectivity index (χ0n) is 9.35. The van der Waals surface area contributed by atoms with Crippen molar-refractivity contribution in [2.75, 3.05) is 11.1 Å². The van der Waals surface area contributed by atoms with Gasteiger partial charge in [0.05, 0.1) is 11.4 Å². The molecule has 1 aromatic heterocycles. The highest BCUT2D eigenvalue weighted by atomic mass is 19.1. The van der Waals surface area contributed by atoms with E-state index in [9.17, 15) is 4.39 Å². The van der Waals surface area contributed by atoms with Gasteiger partial charge in [-0.3, -0.25) is 0 Å². The average molecular weight is 243 g/mol. The molecule has 1 heterocycles. The maximum Gasteiger partial charge on any atom is 0.181 e. The smallest absolute Gasteiger partial charge is 0.181 e. The number of nitrogens with one attached hydrogen (secondary N) is 1. The van der Waals surface area contributed by atoms with Crippen molar-refractivity contribution < 1.29 is 8.81 Å². The van der Waals surface area contributed by atoms with Crippen LogP contribution in [0.2, 0.25) is 0 Å². The third-order valence-corrected chi connectivity index (χ3v) is 2.65. The number of hydrogen-bond donors (Lipinski definition) is 2. The van der Waals surface area contributed by atoms with Crippen LogP contribution in [0.4, 0.5) is 21.5 Å². The summed E-state index contributed by atoms with van der Waals surface area (Å²) < 4.78 is 18.8. The van der Waals surface area contributed by atoms with Crippen LogP contribution in [-0.4, -0.2) is 4.98 Å². The van der Waals surface area contributed by atoms with E-state index in [0.717, 1.165) is 5.52 Å². The molecule has 0 amide bonds. The highest BCUT2D eigenvalue weighted by Crippen LogP contribution is 2.27. The minimum absolute atomic E-state index is 0.261. The number of fused-ring (bicyclic) bond motifs is 1. The summed E-state index contributed by atoms with van der Waals surface area (Å²) in [4.78, 5) is 4.01. The van der Waals surface area contributed by atoms with Gasteiger partial charge >= 0.3 is 0 Å². The summed E-state index contributed by atoms with van der Waals surface area (Å²) in [7, 11) is 0. The molecule has 0 saturated heterocycles. The number of hydrogen-bond acceptors (Lipinski definition) is 4. The third kappa shape index (κ3) is 1.75. The molecule has 5 heteroatoms. The Morgan fingerprint density at radius 3 is 2.94 bits per heavy atom. The highest BCUT2D eigenvalue weighted by molar-refractivity contribution is 5.80. The van der Waals surface area contributed by atoms with Crippen molar-refractivity contribution in [2.24, 2.45) is 0 Å². The average Bonchev–Trinajstić information content (AvgIpc) is 2.81. The van der Waals surface area contributed by atoms with E-state index in [1.54, 1.807) is 30.3 Å². The molecule has 3 rings (SSSR count). The van der Waals surface area contributed by atoms with Crippen molar-refractivity contribution in [1.82, 2.24) is 4.98 Å². The van der Waals surface area contributed by atoms with Crippen molar-refractivity contribution in [1.29, 1.82) is 0 Å². The molecule has 0 aliphatic rings.